The van der Waals surface area contributed by atoms with E-state index < -0.39 is 10.8 Å². The summed E-state index contributed by atoms with van der Waals surface area (Å²) in [4.78, 5) is 0.535. The summed E-state index contributed by atoms with van der Waals surface area (Å²) in [6.45, 7) is 1.84. The van der Waals surface area contributed by atoms with Gasteiger partial charge < -0.3 is 5.32 Å². The summed E-state index contributed by atoms with van der Waals surface area (Å²) in [6, 6.07) is 7.18. The van der Waals surface area contributed by atoms with Crippen molar-refractivity contribution in [3.63, 3.8) is 0 Å². The summed E-state index contributed by atoms with van der Waals surface area (Å²) in [5.41, 5.74) is 0.786. The normalized spacial score (nSPS) is 27.2. The Hall–Kier alpha value is -0.750. The second kappa shape index (κ2) is 2.88. The molecule has 1 aliphatic rings. The van der Waals surface area contributed by atoms with Crippen LogP contribution < -0.4 is 10.0 Å². The van der Waals surface area contributed by atoms with Gasteiger partial charge in [0, 0.05) is 0 Å². The van der Waals surface area contributed by atoms with Gasteiger partial charge in [0.25, 0.3) is 0 Å². The summed E-state index contributed by atoms with van der Waals surface area (Å²) in [6.07, 6.45) is -0.125. The Bertz CT molecular complexity index is 330. The van der Waals surface area contributed by atoms with E-state index >= 15 is 0 Å². The fourth-order valence-corrected chi connectivity index (χ4v) is 2.79. The second-order valence-electron chi connectivity index (χ2n) is 3.03. The van der Waals surface area contributed by atoms with Crippen molar-refractivity contribution in [2.45, 2.75) is 18.0 Å². The van der Waals surface area contributed by atoms with E-state index in [9.17, 15) is 9.11 Å². The molecule has 0 saturated heterocycles. The monoisotopic (exact) mass is 200 g/mol. The van der Waals surface area contributed by atoms with E-state index in [2.05, 4.69) is 10.0 Å². The van der Waals surface area contributed by atoms with Gasteiger partial charge in [-0.05, 0) is 19.1 Å². The largest absolute Gasteiger partial charge is 0.367 e. The molecule has 13 heavy (non-hydrogen) atoms. The van der Waals surface area contributed by atoms with Crippen LogP contribution >= 0.6 is 10.8 Å². The van der Waals surface area contributed by atoms with Crippen LogP contribution in [0.4, 0.5) is 5.69 Å². The number of nitrogens with one attached hydrogen (secondary N) is 2. The number of hydrogen-bond acceptors (Lipinski definition) is 4. The molecular formula is C8H12N2O2S. The van der Waals surface area contributed by atoms with Crippen molar-refractivity contribution in [1.82, 2.24) is 4.72 Å². The molecule has 2 rings (SSSR count). The zero-order valence-corrected chi connectivity index (χ0v) is 8.01. The quantitative estimate of drug-likeness (QED) is 0.517. The Labute approximate surface area is 78.5 Å². The van der Waals surface area contributed by atoms with Gasteiger partial charge in [0.2, 0.25) is 0 Å². The molecule has 0 aromatic heterocycles. The second-order valence-corrected chi connectivity index (χ2v) is 4.80. The highest BCUT2D eigenvalue weighted by molar-refractivity contribution is 8.22. The first kappa shape index (κ1) is 8.83. The van der Waals surface area contributed by atoms with Gasteiger partial charge in [0.05, 0.1) is 16.7 Å². The van der Waals surface area contributed by atoms with Gasteiger partial charge in [0.1, 0.15) is 0 Å². The van der Waals surface area contributed by atoms with Crippen molar-refractivity contribution in [2.24, 2.45) is 0 Å². The molecule has 0 radical (unpaired) electrons. The first-order valence-electron chi connectivity index (χ1n) is 4.01. The van der Waals surface area contributed by atoms with Gasteiger partial charge in [0.15, 0.2) is 0 Å². The lowest BCUT2D eigenvalue weighted by molar-refractivity contribution is 0.457. The van der Waals surface area contributed by atoms with Crippen LogP contribution in [0.3, 0.4) is 0 Å². The van der Waals surface area contributed by atoms with E-state index in [4.69, 9.17) is 0 Å². The number of fused-ring (bicyclic) bond motifs is 1. The Morgan fingerprint density at radius 3 is 2.77 bits per heavy atom. The van der Waals surface area contributed by atoms with Crippen LogP contribution in [0.2, 0.25) is 0 Å². The van der Waals surface area contributed by atoms with Crippen molar-refractivity contribution in [3.05, 3.63) is 24.3 Å². The maximum atomic E-state index is 9.68. The molecule has 1 heterocycles. The van der Waals surface area contributed by atoms with Crippen LogP contribution in [0, 0.1) is 0 Å². The Morgan fingerprint density at radius 1 is 1.31 bits per heavy atom. The minimum Gasteiger partial charge on any atom is -0.367 e. The Kier molecular flexibility index (Phi) is 1.96. The highest BCUT2D eigenvalue weighted by Gasteiger charge is 2.26. The lowest BCUT2D eigenvalue weighted by Gasteiger charge is -2.41. The summed E-state index contributed by atoms with van der Waals surface area (Å²) in [5, 5.41) is 3.11. The molecule has 1 unspecified atom stereocenters. The summed E-state index contributed by atoms with van der Waals surface area (Å²) >= 11 is 0. The van der Waals surface area contributed by atoms with E-state index in [0.717, 1.165) is 5.69 Å². The van der Waals surface area contributed by atoms with Crippen molar-refractivity contribution >= 4 is 16.5 Å². The minimum absolute atomic E-state index is 0.125. The zero-order valence-electron chi connectivity index (χ0n) is 7.19. The van der Waals surface area contributed by atoms with Crippen LogP contribution in [0.25, 0.3) is 0 Å². The van der Waals surface area contributed by atoms with Crippen molar-refractivity contribution in [3.8, 4) is 0 Å². The Balaban J connectivity index is 2.50. The molecule has 0 spiro atoms. The smallest absolute Gasteiger partial charge is 0.0982 e. The van der Waals surface area contributed by atoms with E-state index in [0.29, 0.717) is 4.90 Å². The molecule has 5 heteroatoms. The maximum Gasteiger partial charge on any atom is 0.0982 e. The predicted octanol–water partition coefficient (Wildman–Crippen LogP) is 2.07. The van der Waals surface area contributed by atoms with Crippen molar-refractivity contribution in [2.75, 3.05) is 5.32 Å². The molecule has 1 atom stereocenters. The molecule has 1 aliphatic heterocycles. The van der Waals surface area contributed by atoms with Crippen LogP contribution in [-0.4, -0.2) is 15.3 Å². The van der Waals surface area contributed by atoms with Crippen molar-refractivity contribution in [1.29, 1.82) is 0 Å². The SMILES string of the molecule is CC1Nc2ccccc2S(O)(O)N1. The topological polar surface area (TPSA) is 64.5 Å². The minimum atomic E-state index is -2.80. The van der Waals surface area contributed by atoms with Gasteiger partial charge in [-0.15, -0.1) is 10.8 Å². The first-order chi connectivity index (χ1) is 6.09. The third-order valence-corrected chi connectivity index (χ3v) is 3.56. The summed E-state index contributed by atoms with van der Waals surface area (Å²) < 4.78 is 22.1. The molecule has 4 N–H and O–H groups in total. The van der Waals surface area contributed by atoms with Crippen LogP contribution in [-0.2, 0) is 0 Å². The number of para-hydroxylation sites is 1. The molecule has 0 bridgehead atoms. The molecule has 0 fully saturated rings. The molecule has 1 aromatic rings. The lowest BCUT2D eigenvalue weighted by Crippen LogP contribution is -2.39. The molecule has 1 aromatic carbocycles. The average molecular weight is 200 g/mol. The molecule has 4 nitrogen and oxygen atoms in total. The highest BCUT2D eigenvalue weighted by Crippen LogP contribution is 2.50. The maximum absolute atomic E-state index is 9.68. The molecular weight excluding hydrogens is 188 g/mol. The van der Waals surface area contributed by atoms with Crippen LogP contribution in [0.15, 0.2) is 29.2 Å². The first-order valence-corrected chi connectivity index (χ1v) is 5.55. The molecule has 0 amide bonds. The van der Waals surface area contributed by atoms with Crippen molar-refractivity contribution < 1.29 is 9.11 Å². The summed E-state index contributed by atoms with van der Waals surface area (Å²) in [5.74, 6) is 0. The number of anilines is 1. The van der Waals surface area contributed by atoms with Gasteiger partial charge >= 0.3 is 0 Å². The van der Waals surface area contributed by atoms with Crippen LogP contribution in [0.5, 0.6) is 0 Å². The summed E-state index contributed by atoms with van der Waals surface area (Å²) in [7, 11) is -2.80. The molecule has 72 valence electrons. The fourth-order valence-electron chi connectivity index (χ4n) is 1.41. The lowest BCUT2D eigenvalue weighted by atomic mass is 10.3. The van der Waals surface area contributed by atoms with E-state index in [1.807, 2.05) is 19.1 Å². The van der Waals surface area contributed by atoms with Gasteiger partial charge in [-0.25, -0.2) is 0 Å². The van der Waals surface area contributed by atoms with Gasteiger partial charge in [-0.2, -0.15) is 4.72 Å². The molecule has 0 saturated carbocycles. The van der Waals surface area contributed by atoms with E-state index in [1.54, 1.807) is 12.1 Å². The van der Waals surface area contributed by atoms with Gasteiger partial charge in [-0.1, -0.05) is 12.1 Å². The third-order valence-electron chi connectivity index (χ3n) is 1.91. The van der Waals surface area contributed by atoms with E-state index in [-0.39, 0.29) is 6.17 Å². The Morgan fingerprint density at radius 2 is 2.00 bits per heavy atom. The number of benzene rings is 1. The highest BCUT2D eigenvalue weighted by atomic mass is 32.3. The predicted molar refractivity (Wildman–Crippen MR) is 53.8 cm³/mol. The van der Waals surface area contributed by atoms with E-state index in [1.165, 1.54) is 0 Å². The number of rotatable bonds is 0. The van der Waals surface area contributed by atoms with Crippen LogP contribution in [0.1, 0.15) is 6.92 Å². The zero-order chi connectivity index (χ0) is 9.47. The van der Waals surface area contributed by atoms with Gasteiger partial charge in [-0.3, -0.25) is 9.11 Å². The standard InChI is InChI=1S/C8H12N2O2S/c1-6-9-7-4-2-3-5-8(7)13(11,12)10-6/h2-6,9-12H,1H3. The molecule has 0 aliphatic carbocycles. The fraction of sp³-hybridized carbons (Fsp3) is 0.250. The number of hydrogen-bond donors (Lipinski definition) is 4. The third kappa shape index (κ3) is 1.51. The average Bonchev–Trinajstić information content (AvgIpc) is 2.02.